The Hall–Kier alpha value is -2.49. The van der Waals surface area contributed by atoms with Gasteiger partial charge in [-0.1, -0.05) is 25.3 Å². The number of rotatable bonds is 9. The summed E-state index contributed by atoms with van der Waals surface area (Å²) in [5.74, 6) is 0.382. The summed E-state index contributed by atoms with van der Waals surface area (Å²) in [6.07, 6.45) is 14.3. The minimum absolute atomic E-state index is 0.0772. The lowest BCUT2D eigenvalue weighted by Gasteiger charge is -2.46. The van der Waals surface area contributed by atoms with Crippen LogP contribution in [0.25, 0.3) is 0 Å². The molecular formula is C26H34N4O2. The molecule has 2 aliphatic rings. The zero-order valence-corrected chi connectivity index (χ0v) is 19.1. The Kier molecular flexibility index (Phi) is 7.39. The molecule has 1 spiro atoms. The molecule has 0 unspecified atom stereocenters. The van der Waals surface area contributed by atoms with E-state index in [1.165, 1.54) is 38.5 Å². The first-order chi connectivity index (χ1) is 15.7. The number of unbranched alkanes of at least 4 members (excludes halogenated alkanes) is 1. The number of nitriles is 1. The summed E-state index contributed by atoms with van der Waals surface area (Å²) < 4.78 is 11.5. The van der Waals surface area contributed by atoms with Crippen molar-refractivity contribution in [3.05, 3.63) is 53.5 Å². The second-order valence-corrected chi connectivity index (χ2v) is 9.31. The predicted molar refractivity (Wildman–Crippen MR) is 123 cm³/mol. The second kappa shape index (κ2) is 10.4. The van der Waals surface area contributed by atoms with Crippen molar-refractivity contribution in [1.29, 1.82) is 5.26 Å². The maximum atomic E-state index is 9.23. The van der Waals surface area contributed by atoms with E-state index in [9.17, 15) is 5.26 Å². The molecule has 1 aliphatic carbocycles. The molecule has 4 rings (SSSR count). The minimum Gasteiger partial charge on any atom is -0.480 e. The number of pyridine rings is 2. The minimum atomic E-state index is 0.0772. The molecule has 2 fully saturated rings. The highest BCUT2D eigenvalue weighted by Gasteiger charge is 2.48. The van der Waals surface area contributed by atoms with Gasteiger partial charge >= 0.3 is 0 Å². The number of aromatic nitrogens is 2. The summed E-state index contributed by atoms with van der Waals surface area (Å²) in [6.45, 7) is 2.49. The highest BCUT2D eigenvalue weighted by atomic mass is 16.5. The van der Waals surface area contributed by atoms with Crippen LogP contribution in [0, 0.1) is 11.3 Å². The van der Waals surface area contributed by atoms with Crippen molar-refractivity contribution in [3.63, 3.8) is 0 Å². The summed E-state index contributed by atoms with van der Waals surface area (Å²) in [7, 11) is 1.53. The maximum Gasteiger partial charge on any atom is 0.231 e. The summed E-state index contributed by atoms with van der Waals surface area (Å²) in [6, 6.07) is 10.3. The normalized spacial score (nSPS) is 22.0. The monoisotopic (exact) mass is 434 g/mol. The third-order valence-electron chi connectivity index (χ3n) is 7.18. The molecule has 0 amide bonds. The summed E-state index contributed by atoms with van der Waals surface area (Å²) in [5.41, 5.74) is 2.93. The Bertz CT molecular complexity index is 921. The van der Waals surface area contributed by atoms with Gasteiger partial charge in [-0.15, -0.1) is 0 Å². The highest BCUT2D eigenvalue weighted by Crippen LogP contribution is 2.50. The number of nitrogens with zero attached hydrogens (tertiary/aromatic N) is 3. The van der Waals surface area contributed by atoms with Gasteiger partial charge in [0.1, 0.15) is 11.6 Å². The van der Waals surface area contributed by atoms with Crippen molar-refractivity contribution in [2.24, 2.45) is 0 Å². The van der Waals surface area contributed by atoms with Gasteiger partial charge in [-0.3, -0.25) is 4.98 Å². The first kappa shape index (κ1) is 22.7. The molecule has 3 heterocycles. The van der Waals surface area contributed by atoms with E-state index in [0.717, 1.165) is 50.8 Å². The number of hydrogen-bond donors (Lipinski definition) is 1. The van der Waals surface area contributed by atoms with Crippen molar-refractivity contribution < 1.29 is 9.47 Å². The number of hydrogen-bond acceptors (Lipinski definition) is 6. The molecule has 6 heteroatoms. The Morgan fingerprint density at radius 3 is 2.81 bits per heavy atom. The molecule has 32 heavy (non-hydrogen) atoms. The Morgan fingerprint density at radius 1 is 1.19 bits per heavy atom. The van der Waals surface area contributed by atoms with Crippen LogP contribution in [0.3, 0.4) is 0 Å². The Labute approximate surface area is 191 Å². The van der Waals surface area contributed by atoms with Crippen LogP contribution in [-0.2, 0) is 16.7 Å². The first-order valence-corrected chi connectivity index (χ1v) is 11.9. The molecule has 1 saturated heterocycles. The molecule has 1 N–H and O–H groups in total. The molecule has 0 aromatic carbocycles. The molecular weight excluding hydrogens is 400 g/mol. The van der Waals surface area contributed by atoms with E-state index in [0.29, 0.717) is 18.0 Å². The molecule has 170 valence electrons. The van der Waals surface area contributed by atoms with E-state index in [2.05, 4.69) is 28.5 Å². The first-order valence-electron chi connectivity index (χ1n) is 11.9. The van der Waals surface area contributed by atoms with E-state index in [1.807, 2.05) is 18.3 Å². The average Bonchev–Trinajstić information content (AvgIpc) is 3.28. The summed E-state index contributed by atoms with van der Waals surface area (Å²) in [4.78, 5) is 9.02. The van der Waals surface area contributed by atoms with Crippen molar-refractivity contribution in [2.45, 2.75) is 75.3 Å². The Morgan fingerprint density at radius 2 is 2.06 bits per heavy atom. The summed E-state index contributed by atoms with van der Waals surface area (Å²) >= 11 is 0. The second-order valence-electron chi connectivity index (χ2n) is 9.31. The van der Waals surface area contributed by atoms with Crippen LogP contribution in [0.5, 0.6) is 5.88 Å². The standard InChI is InChI=1S/C26H34N4O2/c1-31-24-22(17-27)16-21(19-30-24)18-28-13-7-5-9-25(23-8-2-6-14-29-23)12-15-32-26(20-25)10-3-4-11-26/h2,6,8,14,16,19,28H,3-5,7,9-13,15,18,20H2,1H3/t25-/m1/s1. The lowest BCUT2D eigenvalue weighted by Crippen LogP contribution is -2.46. The number of nitrogens with one attached hydrogen (secondary N) is 1. The van der Waals surface area contributed by atoms with Crippen LogP contribution in [-0.4, -0.2) is 35.8 Å². The van der Waals surface area contributed by atoms with Crippen molar-refractivity contribution in [2.75, 3.05) is 20.3 Å². The van der Waals surface area contributed by atoms with Crippen LogP contribution in [0.2, 0.25) is 0 Å². The van der Waals surface area contributed by atoms with Crippen LogP contribution < -0.4 is 10.1 Å². The third-order valence-corrected chi connectivity index (χ3v) is 7.18. The molecule has 2 aromatic heterocycles. The zero-order valence-electron chi connectivity index (χ0n) is 19.1. The van der Waals surface area contributed by atoms with Gasteiger partial charge in [0, 0.05) is 36.7 Å². The molecule has 6 nitrogen and oxygen atoms in total. The zero-order chi connectivity index (χ0) is 22.3. The fraction of sp³-hybridized carbons (Fsp3) is 0.577. The van der Waals surface area contributed by atoms with Crippen molar-refractivity contribution in [1.82, 2.24) is 15.3 Å². The largest absolute Gasteiger partial charge is 0.480 e. The molecule has 1 aliphatic heterocycles. The number of ether oxygens (including phenoxy) is 2. The van der Waals surface area contributed by atoms with Gasteiger partial charge in [0.15, 0.2) is 0 Å². The number of methoxy groups -OCH3 is 1. The van der Waals surface area contributed by atoms with Gasteiger partial charge < -0.3 is 14.8 Å². The molecule has 0 bridgehead atoms. The third kappa shape index (κ3) is 5.11. The van der Waals surface area contributed by atoms with Gasteiger partial charge in [-0.25, -0.2) is 4.98 Å². The van der Waals surface area contributed by atoms with E-state index in [1.54, 1.807) is 6.20 Å². The van der Waals surface area contributed by atoms with Crippen LogP contribution in [0.15, 0.2) is 36.7 Å². The van der Waals surface area contributed by atoms with Gasteiger partial charge in [-0.2, -0.15) is 5.26 Å². The van der Waals surface area contributed by atoms with Crippen LogP contribution in [0.4, 0.5) is 0 Å². The Balaban J connectivity index is 1.31. The average molecular weight is 435 g/mol. The molecule has 0 radical (unpaired) electrons. The fourth-order valence-corrected chi connectivity index (χ4v) is 5.58. The quantitative estimate of drug-likeness (QED) is 0.577. The van der Waals surface area contributed by atoms with E-state index >= 15 is 0 Å². The maximum absolute atomic E-state index is 9.23. The SMILES string of the molecule is COc1ncc(CNCCCC[C@@]2(c3ccccn3)CCOC3(CCCC3)C2)cc1C#N. The molecule has 1 atom stereocenters. The lowest BCUT2D eigenvalue weighted by atomic mass is 9.67. The van der Waals surface area contributed by atoms with E-state index in [4.69, 9.17) is 14.5 Å². The lowest BCUT2D eigenvalue weighted by molar-refractivity contribution is -0.104. The topological polar surface area (TPSA) is 80.1 Å². The van der Waals surface area contributed by atoms with Gasteiger partial charge in [0.25, 0.3) is 0 Å². The fourth-order valence-electron chi connectivity index (χ4n) is 5.58. The molecule has 1 saturated carbocycles. The van der Waals surface area contributed by atoms with Gasteiger partial charge in [0.05, 0.1) is 12.7 Å². The van der Waals surface area contributed by atoms with Crippen LogP contribution in [0.1, 0.15) is 74.6 Å². The highest BCUT2D eigenvalue weighted by molar-refractivity contribution is 5.39. The molecule has 2 aromatic rings. The smallest absolute Gasteiger partial charge is 0.231 e. The van der Waals surface area contributed by atoms with E-state index in [-0.39, 0.29) is 11.0 Å². The van der Waals surface area contributed by atoms with Crippen molar-refractivity contribution >= 4 is 0 Å². The predicted octanol–water partition coefficient (Wildman–Crippen LogP) is 4.68. The van der Waals surface area contributed by atoms with Gasteiger partial charge in [0.2, 0.25) is 5.88 Å². The van der Waals surface area contributed by atoms with Crippen molar-refractivity contribution in [3.8, 4) is 11.9 Å². The van der Waals surface area contributed by atoms with Gasteiger partial charge in [-0.05, 0) is 68.8 Å². The van der Waals surface area contributed by atoms with Crippen LogP contribution >= 0.6 is 0 Å². The summed E-state index contributed by atoms with van der Waals surface area (Å²) in [5, 5.41) is 12.7. The van der Waals surface area contributed by atoms with E-state index < -0.39 is 0 Å².